The third-order valence-electron chi connectivity index (χ3n) is 2.11. The van der Waals surface area contributed by atoms with E-state index in [4.69, 9.17) is 5.84 Å². The lowest BCUT2D eigenvalue weighted by Gasteiger charge is -2.04. The standard InChI is InChI=1S/C10H11N5O/c11-14-9-3-2-8(6-13-9)7-15-5-1-4-12-10(15)16/h1-6H,7,11H2,(H,13,14). The van der Waals surface area contributed by atoms with Crippen LogP contribution in [-0.2, 0) is 6.54 Å². The first-order valence-corrected chi connectivity index (χ1v) is 4.72. The minimum Gasteiger partial charge on any atom is -0.308 e. The molecule has 0 aromatic carbocycles. The number of pyridine rings is 1. The molecule has 6 heteroatoms. The zero-order valence-electron chi connectivity index (χ0n) is 8.50. The highest BCUT2D eigenvalue weighted by atomic mass is 16.1. The van der Waals surface area contributed by atoms with Gasteiger partial charge in [0, 0.05) is 18.6 Å². The van der Waals surface area contributed by atoms with E-state index in [9.17, 15) is 4.79 Å². The van der Waals surface area contributed by atoms with Gasteiger partial charge in [0.25, 0.3) is 0 Å². The molecular formula is C10H11N5O. The fourth-order valence-electron chi connectivity index (χ4n) is 1.31. The average Bonchev–Trinajstić information content (AvgIpc) is 2.33. The summed E-state index contributed by atoms with van der Waals surface area (Å²) in [6.45, 7) is 0.449. The number of nitrogen functional groups attached to an aromatic ring is 1. The van der Waals surface area contributed by atoms with Crippen LogP contribution in [0.1, 0.15) is 5.56 Å². The minimum absolute atomic E-state index is 0.275. The summed E-state index contributed by atoms with van der Waals surface area (Å²) in [5.74, 6) is 5.78. The second kappa shape index (κ2) is 4.54. The molecule has 82 valence electrons. The first-order chi connectivity index (χ1) is 7.79. The number of aromatic nitrogens is 3. The molecule has 16 heavy (non-hydrogen) atoms. The van der Waals surface area contributed by atoms with E-state index in [1.807, 2.05) is 6.07 Å². The van der Waals surface area contributed by atoms with E-state index in [0.717, 1.165) is 5.56 Å². The highest BCUT2D eigenvalue weighted by Gasteiger charge is 1.98. The van der Waals surface area contributed by atoms with Crippen LogP contribution in [0.15, 0.2) is 41.6 Å². The summed E-state index contributed by atoms with van der Waals surface area (Å²) in [6.07, 6.45) is 4.82. The number of rotatable bonds is 3. The molecule has 0 radical (unpaired) electrons. The van der Waals surface area contributed by atoms with Crippen LogP contribution >= 0.6 is 0 Å². The maximum absolute atomic E-state index is 11.3. The van der Waals surface area contributed by atoms with Gasteiger partial charge in [-0.25, -0.2) is 20.6 Å². The Kier molecular flexibility index (Phi) is 2.93. The van der Waals surface area contributed by atoms with Gasteiger partial charge >= 0.3 is 5.69 Å². The van der Waals surface area contributed by atoms with E-state index in [2.05, 4.69) is 15.4 Å². The number of hydrogen-bond acceptors (Lipinski definition) is 5. The SMILES string of the molecule is NNc1ccc(Cn2cccnc2=O)cn1. The highest BCUT2D eigenvalue weighted by Crippen LogP contribution is 2.04. The van der Waals surface area contributed by atoms with Crippen molar-refractivity contribution in [3.63, 3.8) is 0 Å². The van der Waals surface area contributed by atoms with E-state index in [0.29, 0.717) is 12.4 Å². The molecule has 0 aliphatic rings. The van der Waals surface area contributed by atoms with E-state index >= 15 is 0 Å². The summed E-state index contributed by atoms with van der Waals surface area (Å²) in [4.78, 5) is 19.1. The van der Waals surface area contributed by atoms with E-state index < -0.39 is 0 Å². The number of nitrogens with one attached hydrogen (secondary N) is 1. The summed E-state index contributed by atoms with van der Waals surface area (Å²) < 4.78 is 1.51. The second-order valence-electron chi connectivity index (χ2n) is 3.23. The van der Waals surface area contributed by atoms with Crippen molar-refractivity contribution in [3.8, 4) is 0 Å². The average molecular weight is 217 g/mol. The molecule has 0 unspecified atom stereocenters. The zero-order valence-corrected chi connectivity index (χ0v) is 8.50. The normalized spacial score (nSPS) is 10.1. The largest absolute Gasteiger partial charge is 0.347 e. The van der Waals surface area contributed by atoms with Gasteiger partial charge in [0.1, 0.15) is 5.82 Å². The maximum atomic E-state index is 11.3. The Morgan fingerprint density at radius 3 is 2.88 bits per heavy atom. The first-order valence-electron chi connectivity index (χ1n) is 4.72. The fourth-order valence-corrected chi connectivity index (χ4v) is 1.31. The van der Waals surface area contributed by atoms with Gasteiger partial charge in [-0.05, 0) is 17.7 Å². The first kappa shape index (κ1) is 10.3. The zero-order chi connectivity index (χ0) is 11.4. The second-order valence-corrected chi connectivity index (χ2v) is 3.23. The van der Waals surface area contributed by atoms with Crippen LogP contribution in [0.5, 0.6) is 0 Å². The monoisotopic (exact) mass is 217 g/mol. The highest BCUT2D eigenvalue weighted by molar-refractivity contribution is 5.33. The fraction of sp³-hybridized carbons (Fsp3) is 0.100. The van der Waals surface area contributed by atoms with Gasteiger partial charge < -0.3 is 5.43 Å². The molecule has 0 spiro atoms. The van der Waals surface area contributed by atoms with Crippen LogP contribution in [0, 0.1) is 0 Å². The third-order valence-corrected chi connectivity index (χ3v) is 2.11. The van der Waals surface area contributed by atoms with Crippen molar-refractivity contribution in [1.82, 2.24) is 14.5 Å². The van der Waals surface area contributed by atoms with Crippen molar-refractivity contribution >= 4 is 5.82 Å². The Labute approximate surface area is 91.7 Å². The summed E-state index contributed by atoms with van der Waals surface area (Å²) in [5, 5.41) is 0. The van der Waals surface area contributed by atoms with Gasteiger partial charge in [0.05, 0.1) is 6.54 Å². The Morgan fingerprint density at radius 1 is 1.38 bits per heavy atom. The number of hydrazine groups is 1. The lowest BCUT2D eigenvalue weighted by atomic mass is 10.3. The Bertz CT molecular complexity index is 519. The summed E-state index contributed by atoms with van der Waals surface area (Å²) in [6, 6.07) is 5.31. The van der Waals surface area contributed by atoms with Crippen molar-refractivity contribution in [1.29, 1.82) is 0 Å². The molecule has 0 bridgehead atoms. The third kappa shape index (κ3) is 2.23. The summed E-state index contributed by atoms with van der Waals surface area (Å²) in [5.41, 5.74) is 3.07. The molecule has 0 amide bonds. The van der Waals surface area contributed by atoms with Gasteiger partial charge in [-0.1, -0.05) is 6.07 Å². The molecule has 0 fully saturated rings. The van der Waals surface area contributed by atoms with Crippen LogP contribution in [0.25, 0.3) is 0 Å². The van der Waals surface area contributed by atoms with E-state index in [1.54, 1.807) is 24.5 Å². The molecule has 2 aromatic rings. The Balaban J connectivity index is 2.21. The molecule has 6 nitrogen and oxygen atoms in total. The van der Waals surface area contributed by atoms with Crippen LogP contribution in [0.3, 0.4) is 0 Å². The van der Waals surface area contributed by atoms with Gasteiger partial charge in [0.2, 0.25) is 0 Å². The molecule has 3 N–H and O–H groups in total. The Morgan fingerprint density at radius 2 is 2.25 bits per heavy atom. The number of anilines is 1. The smallest absolute Gasteiger partial charge is 0.308 e. The number of hydrogen-bond donors (Lipinski definition) is 2. The molecule has 0 saturated heterocycles. The number of nitrogens with two attached hydrogens (primary N) is 1. The molecule has 2 rings (SSSR count). The molecule has 2 heterocycles. The molecule has 0 saturated carbocycles. The summed E-state index contributed by atoms with van der Waals surface area (Å²) in [7, 11) is 0. The quantitative estimate of drug-likeness (QED) is 0.557. The van der Waals surface area contributed by atoms with Crippen LogP contribution in [-0.4, -0.2) is 14.5 Å². The van der Waals surface area contributed by atoms with E-state index in [1.165, 1.54) is 10.8 Å². The summed E-state index contributed by atoms with van der Waals surface area (Å²) >= 11 is 0. The number of nitrogens with zero attached hydrogens (tertiary/aromatic N) is 3. The van der Waals surface area contributed by atoms with Gasteiger partial charge in [-0.3, -0.25) is 4.57 Å². The van der Waals surface area contributed by atoms with Crippen molar-refractivity contribution in [2.45, 2.75) is 6.54 Å². The van der Waals surface area contributed by atoms with Crippen molar-refractivity contribution in [2.75, 3.05) is 5.43 Å². The maximum Gasteiger partial charge on any atom is 0.347 e. The van der Waals surface area contributed by atoms with Crippen molar-refractivity contribution in [2.24, 2.45) is 5.84 Å². The molecule has 0 atom stereocenters. The predicted octanol–water partition coefficient (Wildman–Crippen LogP) is -0.0278. The molecular weight excluding hydrogens is 206 g/mol. The molecule has 0 aliphatic heterocycles. The van der Waals surface area contributed by atoms with Gasteiger partial charge in [0.15, 0.2) is 0 Å². The minimum atomic E-state index is -0.275. The topological polar surface area (TPSA) is 85.8 Å². The molecule has 0 aliphatic carbocycles. The Hall–Kier alpha value is -2.21. The van der Waals surface area contributed by atoms with Gasteiger partial charge in [-0.2, -0.15) is 0 Å². The van der Waals surface area contributed by atoms with Crippen LogP contribution in [0.4, 0.5) is 5.82 Å². The predicted molar refractivity (Wildman–Crippen MR) is 59.6 cm³/mol. The molecule has 2 aromatic heterocycles. The lowest BCUT2D eigenvalue weighted by molar-refractivity contribution is 0.724. The lowest BCUT2D eigenvalue weighted by Crippen LogP contribution is -2.22. The van der Waals surface area contributed by atoms with Crippen molar-refractivity contribution in [3.05, 3.63) is 52.8 Å². The van der Waals surface area contributed by atoms with Gasteiger partial charge in [-0.15, -0.1) is 0 Å². The van der Waals surface area contributed by atoms with Crippen molar-refractivity contribution < 1.29 is 0 Å². The van der Waals surface area contributed by atoms with Crippen LogP contribution in [0.2, 0.25) is 0 Å². The van der Waals surface area contributed by atoms with E-state index in [-0.39, 0.29) is 5.69 Å². The van der Waals surface area contributed by atoms with Crippen LogP contribution < -0.4 is 17.0 Å².